The van der Waals surface area contributed by atoms with Crippen LogP contribution < -0.4 is 4.74 Å². The first-order chi connectivity index (χ1) is 5.27. The molecule has 0 spiro atoms. The minimum Gasteiger partial charge on any atom is -0.480 e. The van der Waals surface area contributed by atoms with Crippen molar-refractivity contribution < 1.29 is 4.74 Å². The second-order valence-electron chi connectivity index (χ2n) is 1.96. The van der Waals surface area contributed by atoms with Crippen molar-refractivity contribution in [2.75, 3.05) is 7.11 Å². The van der Waals surface area contributed by atoms with Gasteiger partial charge in [-0.1, -0.05) is 24.3 Å². The van der Waals surface area contributed by atoms with Gasteiger partial charge in [0, 0.05) is 6.20 Å². The summed E-state index contributed by atoms with van der Waals surface area (Å²) in [5.41, 5.74) is 0.885. The zero-order valence-electron chi connectivity index (χ0n) is 6.17. The Hall–Kier alpha value is -1.02. The van der Waals surface area contributed by atoms with E-state index in [2.05, 4.69) is 11.6 Å². The number of methoxy groups -OCH3 is 1. The molecule has 0 saturated heterocycles. The Morgan fingerprint density at radius 3 is 2.91 bits per heavy atom. The lowest BCUT2D eigenvalue weighted by atomic mass is 10.3. The Morgan fingerprint density at radius 2 is 2.45 bits per heavy atom. The Balaban J connectivity index is 3.09. The number of nitrogens with zero attached hydrogens (tertiary/aromatic N) is 1. The fourth-order valence-electron chi connectivity index (χ4n) is 0.702. The summed E-state index contributed by atoms with van der Waals surface area (Å²) < 4.78 is 4.87. The smallest absolute Gasteiger partial charge is 0.232 e. The summed E-state index contributed by atoms with van der Waals surface area (Å²) in [6.45, 7) is 3.59. The maximum absolute atomic E-state index is 5.77. The van der Waals surface area contributed by atoms with Crippen LogP contribution in [0.1, 0.15) is 5.56 Å². The maximum Gasteiger partial charge on any atom is 0.232 e. The van der Waals surface area contributed by atoms with E-state index in [1.54, 1.807) is 18.3 Å². The third kappa shape index (κ3) is 1.71. The van der Waals surface area contributed by atoms with Crippen LogP contribution >= 0.6 is 11.6 Å². The highest BCUT2D eigenvalue weighted by atomic mass is 35.5. The molecule has 0 unspecified atom stereocenters. The van der Waals surface area contributed by atoms with E-state index in [0.717, 1.165) is 5.56 Å². The van der Waals surface area contributed by atoms with Crippen LogP contribution in [0.3, 0.4) is 0 Å². The maximum atomic E-state index is 5.77. The van der Waals surface area contributed by atoms with Crippen LogP contribution in [0.25, 0.3) is 6.08 Å². The summed E-state index contributed by atoms with van der Waals surface area (Å²) in [6, 6.07) is 1.75. The average Bonchev–Trinajstić information content (AvgIpc) is 2.04. The van der Waals surface area contributed by atoms with Crippen LogP contribution in [-0.4, -0.2) is 12.1 Å². The molecular weight excluding hydrogens is 162 g/mol. The fourth-order valence-corrected chi connectivity index (χ4v) is 0.954. The number of pyridine rings is 1. The molecule has 0 radical (unpaired) electrons. The third-order valence-corrected chi connectivity index (χ3v) is 1.53. The quantitative estimate of drug-likeness (QED) is 0.678. The summed E-state index contributed by atoms with van der Waals surface area (Å²) in [5.74, 6) is 0.442. The molecule has 58 valence electrons. The first-order valence-electron chi connectivity index (χ1n) is 3.10. The van der Waals surface area contributed by atoms with E-state index in [4.69, 9.17) is 16.3 Å². The molecule has 0 N–H and O–H groups in total. The zero-order chi connectivity index (χ0) is 8.27. The molecule has 0 saturated carbocycles. The first-order valence-corrected chi connectivity index (χ1v) is 3.47. The number of ether oxygens (including phenoxy) is 1. The second kappa shape index (κ2) is 3.39. The summed E-state index contributed by atoms with van der Waals surface area (Å²) in [4.78, 5) is 3.94. The minimum absolute atomic E-state index is 0.442. The van der Waals surface area contributed by atoms with Crippen LogP contribution in [0.2, 0.25) is 5.02 Å². The average molecular weight is 170 g/mol. The molecule has 0 bridgehead atoms. The van der Waals surface area contributed by atoms with Crippen LogP contribution in [0, 0.1) is 0 Å². The monoisotopic (exact) mass is 169 g/mol. The van der Waals surface area contributed by atoms with Crippen LogP contribution in [-0.2, 0) is 0 Å². The van der Waals surface area contributed by atoms with E-state index in [0.29, 0.717) is 10.9 Å². The summed E-state index contributed by atoms with van der Waals surface area (Å²) in [6.07, 6.45) is 3.33. The van der Waals surface area contributed by atoms with E-state index < -0.39 is 0 Å². The molecule has 0 aliphatic rings. The standard InChI is InChI=1S/C8H8ClNO/c1-3-6-4-7(9)8(11-2)10-5-6/h3-5H,1H2,2H3. The molecule has 3 heteroatoms. The molecule has 1 rings (SSSR count). The lowest BCUT2D eigenvalue weighted by molar-refractivity contribution is 0.398. The summed E-state index contributed by atoms with van der Waals surface area (Å²) in [7, 11) is 1.53. The van der Waals surface area contributed by atoms with Crippen LogP contribution in [0.15, 0.2) is 18.8 Å². The Bertz CT molecular complexity index is 273. The van der Waals surface area contributed by atoms with E-state index in [1.807, 2.05) is 0 Å². The highest BCUT2D eigenvalue weighted by Gasteiger charge is 2.00. The fraction of sp³-hybridized carbons (Fsp3) is 0.125. The van der Waals surface area contributed by atoms with Crippen molar-refractivity contribution in [2.45, 2.75) is 0 Å². The number of hydrogen-bond donors (Lipinski definition) is 0. The normalized spacial score (nSPS) is 9.27. The van der Waals surface area contributed by atoms with Gasteiger partial charge in [-0.25, -0.2) is 4.98 Å². The number of hydrogen-bond acceptors (Lipinski definition) is 2. The third-order valence-electron chi connectivity index (χ3n) is 1.26. The molecule has 2 nitrogen and oxygen atoms in total. The number of halogens is 1. The van der Waals surface area contributed by atoms with Crippen LogP contribution in [0.4, 0.5) is 0 Å². The SMILES string of the molecule is C=Cc1cnc(OC)c(Cl)c1. The predicted octanol–water partition coefficient (Wildman–Crippen LogP) is 2.39. The Morgan fingerprint density at radius 1 is 1.73 bits per heavy atom. The molecule has 1 aromatic rings. The number of rotatable bonds is 2. The largest absolute Gasteiger partial charge is 0.480 e. The van der Waals surface area contributed by atoms with Gasteiger partial charge in [-0.15, -0.1) is 0 Å². The van der Waals surface area contributed by atoms with Crippen molar-refractivity contribution in [3.8, 4) is 5.88 Å². The van der Waals surface area contributed by atoms with Gasteiger partial charge in [-0.05, 0) is 11.6 Å². The number of aromatic nitrogens is 1. The highest BCUT2D eigenvalue weighted by molar-refractivity contribution is 6.31. The molecule has 0 aromatic carbocycles. The molecule has 0 fully saturated rings. The van der Waals surface area contributed by atoms with Gasteiger partial charge in [-0.3, -0.25) is 0 Å². The van der Waals surface area contributed by atoms with Crippen molar-refractivity contribution in [3.63, 3.8) is 0 Å². The molecule has 0 aliphatic heterocycles. The lowest BCUT2D eigenvalue weighted by Crippen LogP contribution is -1.88. The Labute approximate surface area is 70.5 Å². The van der Waals surface area contributed by atoms with Gasteiger partial charge >= 0.3 is 0 Å². The van der Waals surface area contributed by atoms with E-state index in [1.165, 1.54) is 7.11 Å². The van der Waals surface area contributed by atoms with Gasteiger partial charge in [0.15, 0.2) is 0 Å². The van der Waals surface area contributed by atoms with E-state index in [9.17, 15) is 0 Å². The minimum atomic E-state index is 0.442. The van der Waals surface area contributed by atoms with E-state index in [-0.39, 0.29) is 0 Å². The molecule has 0 aliphatic carbocycles. The predicted molar refractivity (Wildman–Crippen MR) is 45.9 cm³/mol. The first kappa shape index (κ1) is 8.08. The van der Waals surface area contributed by atoms with Crippen molar-refractivity contribution in [3.05, 3.63) is 29.4 Å². The van der Waals surface area contributed by atoms with Gasteiger partial charge < -0.3 is 4.74 Å². The van der Waals surface area contributed by atoms with E-state index >= 15 is 0 Å². The summed E-state index contributed by atoms with van der Waals surface area (Å²) >= 11 is 5.77. The van der Waals surface area contributed by atoms with Crippen molar-refractivity contribution in [1.82, 2.24) is 4.98 Å². The van der Waals surface area contributed by atoms with Gasteiger partial charge in [0.25, 0.3) is 0 Å². The van der Waals surface area contributed by atoms with Gasteiger partial charge in [-0.2, -0.15) is 0 Å². The molecule has 11 heavy (non-hydrogen) atoms. The van der Waals surface area contributed by atoms with Crippen molar-refractivity contribution >= 4 is 17.7 Å². The molecule has 0 amide bonds. The van der Waals surface area contributed by atoms with Crippen LogP contribution in [0.5, 0.6) is 5.88 Å². The molecule has 1 aromatic heterocycles. The van der Waals surface area contributed by atoms with Gasteiger partial charge in [0.1, 0.15) is 5.02 Å². The molecule has 0 atom stereocenters. The van der Waals surface area contributed by atoms with Gasteiger partial charge in [0.05, 0.1) is 7.11 Å². The lowest BCUT2D eigenvalue weighted by Gasteiger charge is -2.00. The van der Waals surface area contributed by atoms with Crippen molar-refractivity contribution in [1.29, 1.82) is 0 Å². The van der Waals surface area contributed by atoms with Crippen molar-refractivity contribution in [2.24, 2.45) is 0 Å². The topological polar surface area (TPSA) is 22.1 Å². The van der Waals surface area contributed by atoms with Gasteiger partial charge in [0.2, 0.25) is 5.88 Å². The Kier molecular flexibility index (Phi) is 2.49. The highest BCUT2D eigenvalue weighted by Crippen LogP contribution is 2.21. The zero-order valence-corrected chi connectivity index (χ0v) is 6.93. The second-order valence-corrected chi connectivity index (χ2v) is 2.37. The molecule has 1 heterocycles. The molecular formula is C8H8ClNO. The summed E-state index contributed by atoms with van der Waals surface area (Å²) in [5, 5.41) is 0.505.